The van der Waals surface area contributed by atoms with Crippen LogP contribution < -0.4 is 5.32 Å². The molecule has 2 N–H and O–H groups in total. The molecule has 0 aliphatic carbocycles. The molecular weight excluding hydrogens is 301 g/mol. The number of nitrogens with zero attached hydrogens (tertiary/aromatic N) is 2. The molecule has 0 fully saturated rings. The Labute approximate surface area is 113 Å². The summed E-state index contributed by atoms with van der Waals surface area (Å²) in [6, 6.07) is 2.48. The van der Waals surface area contributed by atoms with E-state index in [2.05, 4.69) is 5.10 Å². The second-order valence-corrected chi connectivity index (χ2v) is 3.82. The van der Waals surface area contributed by atoms with Gasteiger partial charge in [0.15, 0.2) is 17.3 Å². The third-order valence-electron chi connectivity index (χ3n) is 2.43. The predicted molar refractivity (Wildman–Crippen MR) is 60.1 cm³/mol. The quantitative estimate of drug-likeness (QED) is 0.837. The molecule has 5 nitrogen and oxygen atoms in total. The Morgan fingerprint density at radius 1 is 1.24 bits per heavy atom. The molecule has 0 saturated carbocycles. The second kappa shape index (κ2) is 5.04. The fourth-order valence-electron chi connectivity index (χ4n) is 1.69. The standard InChI is InChI=1S/C11H6F5N3O2/c12-5-2-1-3-6(13)8(5)19-9(11(14,15)16)7(4-17-19)18-10(20)21/h1-4,18H,(H,20,21). The zero-order chi connectivity index (χ0) is 15.8. The Morgan fingerprint density at radius 3 is 2.29 bits per heavy atom. The maximum Gasteiger partial charge on any atom is 0.435 e. The summed E-state index contributed by atoms with van der Waals surface area (Å²) in [7, 11) is 0. The Bertz CT molecular complexity index is 675. The van der Waals surface area contributed by atoms with Crippen molar-refractivity contribution < 1.29 is 31.9 Å². The van der Waals surface area contributed by atoms with Crippen molar-refractivity contribution in [2.75, 3.05) is 5.32 Å². The van der Waals surface area contributed by atoms with Crippen LogP contribution in [0.25, 0.3) is 5.69 Å². The summed E-state index contributed by atoms with van der Waals surface area (Å²) in [6.45, 7) is 0. The molecule has 0 spiro atoms. The van der Waals surface area contributed by atoms with Gasteiger partial charge in [-0.25, -0.2) is 18.3 Å². The molecule has 2 rings (SSSR count). The molecule has 112 valence electrons. The molecule has 0 radical (unpaired) electrons. The minimum atomic E-state index is -5.08. The monoisotopic (exact) mass is 307 g/mol. The molecule has 21 heavy (non-hydrogen) atoms. The molecule has 0 aliphatic rings. The highest BCUT2D eigenvalue weighted by Gasteiger charge is 2.40. The van der Waals surface area contributed by atoms with Crippen molar-refractivity contribution in [1.29, 1.82) is 0 Å². The van der Waals surface area contributed by atoms with Crippen LogP contribution in [0.2, 0.25) is 0 Å². The Balaban J connectivity index is 2.70. The number of carboxylic acid groups (broad SMARTS) is 1. The minimum absolute atomic E-state index is 0.0318. The molecule has 1 heterocycles. The third kappa shape index (κ3) is 2.78. The van der Waals surface area contributed by atoms with Crippen molar-refractivity contribution in [1.82, 2.24) is 9.78 Å². The van der Waals surface area contributed by atoms with Gasteiger partial charge in [0.05, 0.1) is 11.9 Å². The zero-order valence-corrected chi connectivity index (χ0v) is 9.95. The summed E-state index contributed by atoms with van der Waals surface area (Å²) in [5.74, 6) is -2.55. The lowest BCUT2D eigenvalue weighted by atomic mass is 10.2. The predicted octanol–water partition coefficient (Wildman–Crippen LogP) is 3.26. The van der Waals surface area contributed by atoms with E-state index in [4.69, 9.17) is 5.11 Å². The molecule has 0 aliphatic heterocycles. The number of rotatable bonds is 2. The number of para-hydroxylation sites is 1. The summed E-state index contributed by atoms with van der Waals surface area (Å²) < 4.78 is 66.1. The molecular formula is C11H6F5N3O2. The van der Waals surface area contributed by atoms with E-state index in [1.807, 2.05) is 0 Å². The highest BCUT2D eigenvalue weighted by atomic mass is 19.4. The Kier molecular flexibility index (Phi) is 3.54. The number of nitrogens with one attached hydrogen (secondary N) is 1. The van der Waals surface area contributed by atoms with Crippen LogP contribution in [0.5, 0.6) is 0 Å². The van der Waals surface area contributed by atoms with Crippen LogP contribution >= 0.6 is 0 Å². The number of carbonyl (C=O) groups is 1. The van der Waals surface area contributed by atoms with E-state index in [-0.39, 0.29) is 4.68 Å². The molecule has 0 bridgehead atoms. The largest absolute Gasteiger partial charge is 0.465 e. The Hall–Kier alpha value is -2.65. The van der Waals surface area contributed by atoms with Gasteiger partial charge >= 0.3 is 12.3 Å². The SMILES string of the molecule is O=C(O)Nc1cnn(-c2c(F)cccc2F)c1C(F)(F)F. The maximum atomic E-state index is 13.6. The number of halogens is 5. The number of hydrogen-bond acceptors (Lipinski definition) is 2. The minimum Gasteiger partial charge on any atom is -0.465 e. The third-order valence-corrected chi connectivity index (χ3v) is 2.43. The number of benzene rings is 1. The van der Waals surface area contributed by atoms with E-state index in [9.17, 15) is 26.7 Å². The van der Waals surface area contributed by atoms with Crippen molar-refractivity contribution >= 4 is 11.8 Å². The highest BCUT2D eigenvalue weighted by molar-refractivity contribution is 5.83. The van der Waals surface area contributed by atoms with Gasteiger partial charge in [-0.15, -0.1) is 0 Å². The van der Waals surface area contributed by atoms with Crippen LogP contribution in [0.15, 0.2) is 24.4 Å². The summed E-state index contributed by atoms with van der Waals surface area (Å²) in [5, 5.41) is 13.2. The summed E-state index contributed by atoms with van der Waals surface area (Å²) >= 11 is 0. The zero-order valence-electron chi connectivity index (χ0n) is 9.95. The van der Waals surface area contributed by atoms with Gasteiger partial charge in [0.1, 0.15) is 5.69 Å². The fourth-order valence-corrected chi connectivity index (χ4v) is 1.69. The van der Waals surface area contributed by atoms with E-state index in [0.717, 1.165) is 18.2 Å². The normalized spacial score (nSPS) is 11.5. The van der Waals surface area contributed by atoms with Crippen LogP contribution in [0.4, 0.5) is 32.4 Å². The van der Waals surface area contributed by atoms with Crippen LogP contribution in [0, 0.1) is 11.6 Å². The second-order valence-electron chi connectivity index (χ2n) is 3.82. The average Bonchev–Trinajstić information content (AvgIpc) is 2.71. The van der Waals surface area contributed by atoms with Crippen molar-refractivity contribution in [3.63, 3.8) is 0 Å². The van der Waals surface area contributed by atoms with Gasteiger partial charge in [0.2, 0.25) is 0 Å². The van der Waals surface area contributed by atoms with E-state index in [0.29, 0.717) is 6.20 Å². The number of aromatic nitrogens is 2. The smallest absolute Gasteiger partial charge is 0.435 e. The topological polar surface area (TPSA) is 67.2 Å². The molecule has 2 aromatic rings. The van der Waals surface area contributed by atoms with Crippen molar-refractivity contribution in [2.24, 2.45) is 0 Å². The van der Waals surface area contributed by atoms with Gasteiger partial charge in [-0.3, -0.25) is 5.32 Å². The van der Waals surface area contributed by atoms with Crippen LogP contribution in [-0.2, 0) is 6.18 Å². The van der Waals surface area contributed by atoms with Gasteiger partial charge < -0.3 is 5.11 Å². The number of hydrogen-bond donors (Lipinski definition) is 2. The molecule has 1 aromatic carbocycles. The van der Waals surface area contributed by atoms with E-state index in [1.165, 1.54) is 5.32 Å². The molecule has 1 aromatic heterocycles. The average molecular weight is 307 g/mol. The molecule has 0 unspecified atom stereocenters. The first kappa shape index (κ1) is 14.8. The highest BCUT2D eigenvalue weighted by Crippen LogP contribution is 2.37. The lowest BCUT2D eigenvalue weighted by molar-refractivity contribution is -0.142. The molecule has 1 amide bonds. The van der Waals surface area contributed by atoms with E-state index in [1.54, 1.807) is 0 Å². The van der Waals surface area contributed by atoms with E-state index < -0.39 is 41.0 Å². The molecule has 0 saturated heterocycles. The maximum absolute atomic E-state index is 13.6. The summed E-state index contributed by atoms with van der Waals surface area (Å²) in [4.78, 5) is 10.5. The van der Waals surface area contributed by atoms with Crippen molar-refractivity contribution in [2.45, 2.75) is 6.18 Å². The van der Waals surface area contributed by atoms with Crippen LogP contribution in [0.3, 0.4) is 0 Å². The first-order valence-corrected chi connectivity index (χ1v) is 5.31. The number of alkyl halides is 3. The van der Waals surface area contributed by atoms with Gasteiger partial charge in [-0.1, -0.05) is 6.07 Å². The van der Waals surface area contributed by atoms with E-state index >= 15 is 0 Å². The van der Waals surface area contributed by atoms with Crippen molar-refractivity contribution in [3.05, 3.63) is 41.7 Å². The molecule has 10 heteroatoms. The lowest BCUT2D eigenvalue weighted by Gasteiger charge is -2.13. The number of anilines is 1. The summed E-state index contributed by atoms with van der Waals surface area (Å²) in [5.41, 5.74) is -3.62. The lowest BCUT2D eigenvalue weighted by Crippen LogP contribution is -2.19. The number of amides is 1. The van der Waals surface area contributed by atoms with Crippen molar-refractivity contribution in [3.8, 4) is 5.69 Å². The van der Waals surface area contributed by atoms with Gasteiger partial charge in [0, 0.05) is 0 Å². The summed E-state index contributed by atoms with van der Waals surface area (Å²) in [6.07, 6.45) is -6.33. The Morgan fingerprint density at radius 2 is 1.81 bits per heavy atom. The van der Waals surface area contributed by atoms with Gasteiger partial charge in [-0.2, -0.15) is 18.3 Å². The fraction of sp³-hybridized carbons (Fsp3) is 0.0909. The van der Waals surface area contributed by atoms with Gasteiger partial charge in [0.25, 0.3) is 0 Å². The van der Waals surface area contributed by atoms with Gasteiger partial charge in [-0.05, 0) is 12.1 Å². The first-order valence-electron chi connectivity index (χ1n) is 5.31. The van der Waals surface area contributed by atoms with Crippen LogP contribution in [0.1, 0.15) is 5.69 Å². The molecule has 0 atom stereocenters. The first-order chi connectivity index (χ1) is 9.71. The van der Waals surface area contributed by atoms with Crippen LogP contribution in [-0.4, -0.2) is 21.0 Å².